The van der Waals surface area contributed by atoms with E-state index in [1.165, 1.54) is 6.07 Å². The fourth-order valence-electron chi connectivity index (χ4n) is 2.90. The van der Waals surface area contributed by atoms with E-state index < -0.39 is 6.29 Å². The van der Waals surface area contributed by atoms with Crippen molar-refractivity contribution in [3.63, 3.8) is 0 Å². The second-order valence-electron chi connectivity index (χ2n) is 5.16. The zero-order chi connectivity index (χ0) is 14.9. The summed E-state index contributed by atoms with van der Waals surface area (Å²) in [4.78, 5) is 2.17. The van der Waals surface area contributed by atoms with Gasteiger partial charge in [-0.05, 0) is 12.5 Å². The maximum absolute atomic E-state index is 13.3. The van der Waals surface area contributed by atoms with Crippen LogP contribution in [-0.4, -0.2) is 49.1 Å². The van der Waals surface area contributed by atoms with Crippen LogP contribution in [0.2, 0.25) is 0 Å². The van der Waals surface area contributed by atoms with Crippen molar-refractivity contribution in [1.82, 2.24) is 10.2 Å². The number of fused-ring (bicyclic) bond motifs is 1. The first-order valence-corrected chi connectivity index (χ1v) is 7.05. The van der Waals surface area contributed by atoms with E-state index in [2.05, 4.69) is 19.7 Å². The molecule has 1 saturated heterocycles. The Hall–Kier alpha value is -1.44. The van der Waals surface area contributed by atoms with Crippen LogP contribution in [0.5, 0.6) is 11.5 Å². The highest BCUT2D eigenvalue weighted by Gasteiger charge is 2.45. The lowest BCUT2D eigenvalue weighted by molar-refractivity contribution is -0.287. The number of ether oxygens (including phenoxy) is 2. The highest BCUT2D eigenvalue weighted by Crippen LogP contribution is 2.46. The van der Waals surface area contributed by atoms with Gasteiger partial charge in [-0.15, -0.1) is 8.78 Å². The van der Waals surface area contributed by atoms with Crippen molar-refractivity contribution >= 4 is 0 Å². The second kappa shape index (κ2) is 5.75. The van der Waals surface area contributed by atoms with Gasteiger partial charge in [0, 0.05) is 44.4 Å². The smallest absolute Gasteiger partial charge is 0.396 e. The number of hydrogen-bond acceptors (Lipinski definition) is 5. The maximum Gasteiger partial charge on any atom is 0.586 e. The lowest BCUT2D eigenvalue weighted by Gasteiger charge is -2.35. The number of halogens is 2. The monoisotopic (exact) mass is 300 g/mol. The zero-order valence-corrected chi connectivity index (χ0v) is 11.5. The molecule has 21 heavy (non-hydrogen) atoms. The molecule has 1 fully saturated rings. The number of nitrogens with one attached hydrogen (secondary N) is 1. The number of rotatable bonds is 4. The Morgan fingerprint density at radius 3 is 2.76 bits per heavy atom. The molecule has 0 saturated carbocycles. The standard InChI is InChI=1S/C14H18F2N2O3/c15-14(16)20-12-3-1-2-10(13(12)21-14)11(4-9-19)18-7-5-17-6-8-18/h1-3,11,17,19H,4-9H2/t11-/m0/s1. The average molecular weight is 300 g/mol. The van der Waals surface area contributed by atoms with Crippen molar-refractivity contribution in [3.8, 4) is 11.5 Å². The summed E-state index contributed by atoms with van der Waals surface area (Å²) in [6.07, 6.45) is -3.16. The summed E-state index contributed by atoms with van der Waals surface area (Å²) in [7, 11) is 0. The molecule has 0 aliphatic carbocycles. The molecule has 2 aliphatic heterocycles. The van der Waals surface area contributed by atoms with Crippen LogP contribution in [0.15, 0.2) is 18.2 Å². The van der Waals surface area contributed by atoms with Crippen molar-refractivity contribution in [1.29, 1.82) is 0 Å². The molecule has 0 bridgehead atoms. The summed E-state index contributed by atoms with van der Waals surface area (Å²) in [5, 5.41) is 12.6. The molecule has 0 unspecified atom stereocenters. The van der Waals surface area contributed by atoms with Gasteiger partial charge < -0.3 is 19.9 Å². The van der Waals surface area contributed by atoms with Crippen LogP contribution in [0, 0.1) is 0 Å². The number of aliphatic hydroxyl groups is 1. The third-order valence-electron chi connectivity index (χ3n) is 3.81. The number of benzene rings is 1. The molecule has 3 rings (SSSR count). The summed E-state index contributed by atoms with van der Waals surface area (Å²) in [6, 6.07) is 4.73. The quantitative estimate of drug-likeness (QED) is 0.879. The first-order valence-electron chi connectivity index (χ1n) is 7.05. The van der Waals surface area contributed by atoms with Crippen LogP contribution >= 0.6 is 0 Å². The van der Waals surface area contributed by atoms with E-state index >= 15 is 0 Å². The minimum absolute atomic E-state index is 0.0183. The Morgan fingerprint density at radius 1 is 1.29 bits per heavy atom. The van der Waals surface area contributed by atoms with E-state index in [9.17, 15) is 13.9 Å². The van der Waals surface area contributed by atoms with Crippen LogP contribution in [-0.2, 0) is 0 Å². The second-order valence-corrected chi connectivity index (χ2v) is 5.16. The Kier molecular flexibility index (Phi) is 3.97. The molecule has 0 radical (unpaired) electrons. The molecule has 116 valence electrons. The number of piperazine rings is 1. The Bertz CT molecular complexity index is 507. The fraction of sp³-hybridized carbons (Fsp3) is 0.571. The molecule has 7 heteroatoms. The predicted molar refractivity (Wildman–Crippen MR) is 71.5 cm³/mol. The van der Waals surface area contributed by atoms with Gasteiger partial charge in [-0.2, -0.15) is 0 Å². The van der Waals surface area contributed by atoms with Gasteiger partial charge >= 0.3 is 6.29 Å². The zero-order valence-electron chi connectivity index (χ0n) is 11.5. The van der Waals surface area contributed by atoms with Gasteiger partial charge in [0.1, 0.15) is 0 Å². The molecule has 0 aromatic heterocycles. The van der Waals surface area contributed by atoms with Crippen LogP contribution < -0.4 is 14.8 Å². The van der Waals surface area contributed by atoms with Gasteiger partial charge in [-0.25, -0.2) is 0 Å². The van der Waals surface area contributed by atoms with Gasteiger partial charge in [0.25, 0.3) is 0 Å². The lowest BCUT2D eigenvalue weighted by Crippen LogP contribution is -2.45. The first-order chi connectivity index (χ1) is 10.1. The Labute approximate surface area is 121 Å². The largest absolute Gasteiger partial charge is 0.586 e. The van der Waals surface area contributed by atoms with Crippen LogP contribution in [0.1, 0.15) is 18.0 Å². The van der Waals surface area contributed by atoms with E-state index in [1.807, 2.05) is 0 Å². The van der Waals surface area contributed by atoms with Crippen molar-refractivity contribution in [2.24, 2.45) is 0 Å². The number of nitrogens with zero attached hydrogens (tertiary/aromatic N) is 1. The van der Waals surface area contributed by atoms with Crippen LogP contribution in [0.25, 0.3) is 0 Å². The number of alkyl halides is 2. The molecule has 1 atom stereocenters. The van der Waals surface area contributed by atoms with E-state index in [1.54, 1.807) is 12.1 Å². The number of hydrogen-bond donors (Lipinski definition) is 2. The van der Waals surface area contributed by atoms with Crippen molar-refractivity contribution < 1.29 is 23.4 Å². The van der Waals surface area contributed by atoms with Gasteiger partial charge in [0.2, 0.25) is 0 Å². The van der Waals surface area contributed by atoms with Crippen molar-refractivity contribution in [2.45, 2.75) is 18.8 Å². The van der Waals surface area contributed by atoms with Crippen LogP contribution in [0.3, 0.4) is 0 Å². The highest BCUT2D eigenvalue weighted by molar-refractivity contribution is 5.50. The molecule has 0 amide bonds. The third-order valence-corrected chi connectivity index (χ3v) is 3.81. The van der Waals surface area contributed by atoms with Gasteiger partial charge in [0.05, 0.1) is 0 Å². The fourth-order valence-corrected chi connectivity index (χ4v) is 2.90. The summed E-state index contributed by atoms with van der Waals surface area (Å²) < 4.78 is 35.7. The minimum Gasteiger partial charge on any atom is -0.396 e. The Balaban J connectivity index is 1.92. The maximum atomic E-state index is 13.3. The van der Waals surface area contributed by atoms with Crippen molar-refractivity contribution in [3.05, 3.63) is 23.8 Å². The summed E-state index contributed by atoms with van der Waals surface area (Å²) in [6.45, 7) is 3.25. The molecule has 2 N–H and O–H groups in total. The molecule has 1 aromatic rings. The molecular formula is C14H18F2N2O3. The molecule has 5 nitrogen and oxygen atoms in total. The topological polar surface area (TPSA) is 54.0 Å². The molecule has 1 aromatic carbocycles. The first kappa shape index (κ1) is 14.5. The molecule has 0 spiro atoms. The van der Waals surface area contributed by atoms with E-state index in [-0.39, 0.29) is 24.1 Å². The lowest BCUT2D eigenvalue weighted by atomic mass is 10.00. The van der Waals surface area contributed by atoms with Gasteiger partial charge in [-0.1, -0.05) is 12.1 Å². The predicted octanol–water partition coefficient (Wildman–Crippen LogP) is 1.34. The van der Waals surface area contributed by atoms with Crippen LogP contribution in [0.4, 0.5) is 8.78 Å². The van der Waals surface area contributed by atoms with Gasteiger partial charge in [-0.3, -0.25) is 4.90 Å². The summed E-state index contributed by atoms with van der Waals surface area (Å²) >= 11 is 0. The van der Waals surface area contributed by atoms with Gasteiger partial charge in [0.15, 0.2) is 11.5 Å². The normalized spacial score (nSPS) is 22.2. The molecule has 2 aliphatic rings. The number of para-hydroxylation sites is 1. The number of aliphatic hydroxyl groups excluding tert-OH is 1. The summed E-state index contributed by atoms with van der Waals surface area (Å²) in [5.74, 6) is 0.134. The minimum atomic E-state index is -3.62. The molecular weight excluding hydrogens is 282 g/mol. The third kappa shape index (κ3) is 2.95. The highest BCUT2D eigenvalue weighted by atomic mass is 19.3. The Morgan fingerprint density at radius 2 is 2.05 bits per heavy atom. The summed E-state index contributed by atoms with van der Waals surface area (Å²) in [5.41, 5.74) is 0.639. The van der Waals surface area contributed by atoms with Crippen molar-refractivity contribution in [2.75, 3.05) is 32.8 Å². The van der Waals surface area contributed by atoms with E-state index in [0.717, 1.165) is 26.2 Å². The average Bonchev–Trinajstić information content (AvgIpc) is 2.79. The molecule has 2 heterocycles. The van der Waals surface area contributed by atoms with E-state index in [4.69, 9.17) is 0 Å². The van der Waals surface area contributed by atoms with E-state index in [0.29, 0.717) is 12.0 Å². The SMILES string of the molecule is OCC[C@@H](c1cccc2c1OC(F)(F)O2)N1CCNCC1.